The lowest BCUT2D eigenvalue weighted by atomic mass is 10.2. The normalized spacial score (nSPS) is 12.9. The van der Waals surface area contributed by atoms with Gasteiger partial charge in [-0.25, -0.2) is 14.9 Å². The lowest BCUT2D eigenvalue weighted by Crippen LogP contribution is -2.25. The Labute approximate surface area is 101 Å². The maximum atomic E-state index is 12.0. The molecule has 0 saturated heterocycles. The van der Waals surface area contributed by atoms with Crippen LogP contribution in [0, 0.1) is 0 Å². The molecule has 2 aliphatic rings. The molecule has 10 heteroatoms. The quantitative estimate of drug-likeness (QED) is 0.655. The number of hydrogen-bond acceptors (Lipinski definition) is 4. The number of halogens is 3. The molecule has 2 N–H and O–H groups in total. The first-order valence-electron chi connectivity index (χ1n) is 4.75. The molecule has 0 radical (unpaired) electrons. The number of fused-ring (bicyclic) bond motifs is 1. The van der Waals surface area contributed by atoms with E-state index in [9.17, 15) is 28.0 Å². The van der Waals surface area contributed by atoms with Crippen molar-refractivity contribution in [1.29, 1.82) is 0 Å². The summed E-state index contributed by atoms with van der Waals surface area (Å²) in [7, 11) is 0. The van der Waals surface area contributed by atoms with E-state index in [2.05, 4.69) is 9.98 Å². The summed E-state index contributed by atoms with van der Waals surface area (Å²) in [5.74, 6) is -2.27. The van der Waals surface area contributed by atoms with E-state index in [0.717, 1.165) is 18.2 Å². The molecular weight excluding hydrogens is 269 g/mol. The van der Waals surface area contributed by atoms with Crippen molar-refractivity contribution in [2.75, 3.05) is 0 Å². The number of alkyl halides is 3. The van der Waals surface area contributed by atoms with E-state index >= 15 is 0 Å². The molecule has 1 heterocycles. The zero-order valence-electron chi connectivity index (χ0n) is 8.97. The van der Waals surface area contributed by atoms with Crippen LogP contribution in [0.2, 0.25) is 0 Å². The van der Waals surface area contributed by atoms with Crippen molar-refractivity contribution in [3.8, 4) is 11.4 Å². The molecule has 1 aliphatic heterocycles. The minimum atomic E-state index is -5.08. The predicted octanol–water partition coefficient (Wildman–Crippen LogP) is -0.0969. The molecule has 0 atom stereocenters. The monoisotopic (exact) mass is 274 g/mol. The molecule has 0 aromatic carbocycles. The molecule has 0 bridgehead atoms. The standard InChI is InChI=1S/C9H5F3N4O3/c10-9(11,12)7(17)13-4-1-2-5-6(3-4)16(19)15-8(18)14-5/h1-3,19H,(H,15,18). The van der Waals surface area contributed by atoms with E-state index in [-0.39, 0.29) is 21.6 Å². The van der Waals surface area contributed by atoms with E-state index in [4.69, 9.17) is 0 Å². The Hall–Kier alpha value is -2.65. The summed E-state index contributed by atoms with van der Waals surface area (Å²) in [6.45, 7) is 0. The minimum Gasteiger partial charge on any atom is -0.413 e. The molecule has 19 heavy (non-hydrogen) atoms. The molecule has 0 aromatic heterocycles. The van der Waals surface area contributed by atoms with Gasteiger partial charge in [0.05, 0.1) is 11.1 Å². The van der Waals surface area contributed by atoms with Crippen LogP contribution in [0.25, 0.3) is 11.4 Å². The Morgan fingerprint density at radius 1 is 1.42 bits per heavy atom. The van der Waals surface area contributed by atoms with Gasteiger partial charge in [-0.3, -0.25) is 4.79 Å². The Kier molecular flexibility index (Phi) is 2.85. The maximum absolute atomic E-state index is 12.0. The first-order valence-corrected chi connectivity index (χ1v) is 4.75. The number of aromatic amines is 1. The first-order chi connectivity index (χ1) is 8.77. The number of carbonyl (C=O) groups is 1. The molecule has 0 saturated carbocycles. The zero-order valence-corrected chi connectivity index (χ0v) is 8.97. The lowest BCUT2D eigenvalue weighted by molar-refractivity contribution is -0.169. The number of hydrogen-bond donors (Lipinski definition) is 2. The summed E-state index contributed by atoms with van der Waals surface area (Å²) < 4.78 is 36.1. The van der Waals surface area contributed by atoms with E-state index in [1.807, 2.05) is 5.10 Å². The van der Waals surface area contributed by atoms with Crippen molar-refractivity contribution in [3.05, 3.63) is 34.0 Å². The van der Waals surface area contributed by atoms with Crippen LogP contribution >= 0.6 is 0 Å². The largest absolute Gasteiger partial charge is 0.473 e. The number of nitrogens with one attached hydrogen (secondary N) is 1. The van der Waals surface area contributed by atoms with Crippen molar-refractivity contribution in [3.63, 3.8) is 0 Å². The lowest BCUT2D eigenvalue weighted by Gasteiger charge is -2.06. The molecule has 7 nitrogen and oxygen atoms in total. The third-order valence-electron chi connectivity index (χ3n) is 2.08. The SMILES string of the molecule is O=C(N=c1ccc2nc(=O)[nH]n(O)c-2c1)C(F)(F)F. The van der Waals surface area contributed by atoms with Gasteiger partial charge in [0.15, 0.2) is 0 Å². The van der Waals surface area contributed by atoms with Gasteiger partial charge in [-0.05, 0) is 18.2 Å². The average Bonchev–Trinajstić information content (AvgIpc) is 2.28. The average molecular weight is 274 g/mol. The Morgan fingerprint density at radius 3 is 2.74 bits per heavy atom. The molecule has 0 spiro atoms. The highest BCUT2D eigenvalue weighted by Crippen LogP contribution is 2.16. The fraction of sp³-hybridized carbons (Fsp3) is 0.111. The van der Waals surface area contributed by atoms with Gasteiger partial charge in [0, 0.05) is 0 Å². The van der Waals surface area contributed by atoms with Gasteiger partial charge in [0.25, 0.3) is 0 Å². The number of benzene rings is 1. The van der Waals surface area contributed by atoms with Crippen LogP contribution in [0.1, 0.15) is 0 Å². The van der Waals surface area contributed by atoms with E-state index in [0.29, 0.717) is 0 Å². The number of nitrogens with zero attached hydrogens (tertiary/aromatic N) is 3. The van der Waals surface area contributed by atoms with Crippen LogP contribution in [0.4, 0.5) is 13.2 Å². The summed E-state index contributed by atoms with van der Waals surface area (Å²) in [6.07, 6.45) is -5.08. The smallest absolute Gasteiger partial charge is 0.413 e. The maximum Gasteiger partial charge on any atom is 0.473 e. The van der Waals surface area contributed by atoms with Gasteiger partial charge in [-0.2, -0.15) is 18.2 Å². The van der Waals surface area contributed by atoms with E-state index in [1.54, 1.807) is 0 Å². The van der Waals surface area contributed by atoms with Crippen LogP contribution in [0.15, 0.2) is 28.0 Å². The summed E-state index contributed by atoms with van der Waals surface area (Å²) in [4.78, 5) is 28.2. The predicted molar refractivity (Wildman–Crippen MR) is 53.3 cm³/mol. The van der Waals surface area contributed by atoms with E-state index < -0.39 is 17.8 Å². The van der Waals surface area contributed by atoms with Crippen LogP contribution < -0.4 is 11.0 Å². The number of aromatic nitrogens is 3. The second kappa shape index (κ2) is 4.23. The highest BCUT2D eigenvalue weighted by atomic mass is 19.4. The molecule has 0 fully saturated rings. The molecule has 100 valence electrons. The number of amides is 1. The van der Waals surface area contributed by atoms with Gasteiger partial charge in [0.1, 0.15) is 5.69 Å². The highest BCUT2D eigenvalue weighted by molar-refractivity contribution is 5.82. The van der Waals surface area contributed by atoms with Crippen molar-refractivity contribution in [1.82, 2.24) is 14.9 Å². The molecule has 0 unspecified atom stereocenters. The topological polar surface area (TPSA) is 100 Å². The van der Waals surface area contributed by atoms with Crippen LogP contribution in [0.5, 0.6) is 0 Å². The second-order valence-corrected chi connectivity index (χ2v) is 3.43. The van der Waals surface area contributed by atoms with Gasteiger partial charge >= 0.3 is 17.8 Å². The van der Waals surface area contributed by atoms with Gasteiger partial charge in [-0.15, -0.1) is 4.85 Å². The fourth-order valence-electron chi connectivity index (χ4n) is 1.31. The van der Waals surface area contributed by atoms with Crippen molar-refractivity contribution < 1.29 is 23.2 Å². The van der Waals surface area contributed by atoms with Crippen LogP contribution in [-0.4, -0.2) is 32.2 Å². The number of carbonyl (C=O) groups excluding carboxylic acids is 1. The summed E-state index contributed by atoms with van der Waals surface area (Å²) in [6, 6.07) is 3.19. The van der Waals surface area contributed by atoms with Crippen molar-refractivity contribution in [2.45, 2.75) is 6.18 Å². The molecule has 2 rings (SSSR count). The summed E-state index contributed by atoms with van der Waals surface area (Å²) in [5, 5.41) is 10.9. The minimum absolute atomic E-state index is 0.0321. The van der Waals surface area contributed by atoms with Crippen LogP contribution in [0.3, 0.4) is 0 Å². The zero-order chi connectivity index (χ0) is 14.2. The third kappa shape index (κ3) is 2.61. The summed E-state index contributed by atoms with van der Waals surface area (Å²) in [5.41, 5.74) is -0.911. The Morgan fingerprint density at radius 2 is 2.11 bits per heavy atom. The number of H-pyrrole nitrogens is 1. The number of rotatable bonds is 0. The Bertz CT molecular complexity index is 731. The highest BCUT2D eigenvalue weighted by Gasteiger charge is 2.38. The molecule has 1 amide bonds. The van der Waals surface area contributed by atoms with E-state index in [1.165, 1.54) is 0 Å². The van der Waals surface area contributed by atoms with Crippen molar-refractivity contribution in [2.24, 2.45) is 4.99 Å². The Balaban J connectivity index is 2.61. The third-order valence-corrected chi connectivity index (χ3v) is 2.08. The van der Waals surface area contributed by atoms with Gasteiger partial charge in [-0.1, -0.05) is 0 Å². The van der Waals surface area contributed by atoms with Gasteiger partial charge < -0.3 is 5.21 Å². The first kappa shape index (κ1) is 12.8. The fourth-order valence-corrected chi connectivity index (χ4v) is 1.31. The van der Waals surface area contributed by atoms with Crippen LogP contribution in [-0.2, 0) is 4.79 Å². The second-order valence-electron chi connectivity index (χ2n) is 3.43. The van der Waals surface area contributed by atoms with Crippen molar-refractivity contribution >= 4 is 5.91 Å². The summed E-state index contributed by atoms with van der Waals surface area (Å²) >= 11 is 0. The molecular formula is C9H5F3N4O3. The van der Waals surface area contributed by atoms with Gasteiger partial charge in [0.2, 0.25) is 0 Å². The molecule has 0 aromatic rings. The molecule has 1 aliphatic carbocycles.